The molecular weight excluding hydrogens is 254 g/mol. The molecule has 0 spiro atoms. The van der Waals surface area contributed by atoms with Crippen molar-refractivity contribution in [2.24, 2.45) is 5.73 Å². The molecule has 0 aromatic heterocycles. The number of hydrogen-bond acceptors (Lipinski definition) is 3. The van der Waals surface area contributed by atoms with Gasteiger partial charge in [0.25, 0.3) is 5.91 Å². The van der Waals surface area contributed by atoms with E-state index >= 15 is 0 Å². The molecule has 1 aromatic carbocycles. The number of piperazine rings is 1. The minimum Gasteiger partial charge on any atom is -0.368 e. The van der Waals surface area contributed by atoms with E-state index < -0.39 is 11.9 Å². The smallest absolute Gasteiger partial charge is 0.254 e. The maximum absolute atomic E-state index is 12.3. The van der Waals surface area contributed by atoms with Crippen molar-refractivity contribution in [2.75, 3.05) is 19.6 Å². The van der Waals surface area contributed by atoms with Crippen LogP contribution in [0.5, 0.6) is 0 Å². The number of carbonyl (C=O) groups excluding carboxylic acids is 2. The number of halogens is 1. The summed E-state index contributed by atoms with van der Waals surface area (Å²) in [5.41, 5.74) is 5.81. The van der Waals surface area contributed by atoms with Gasteiger partial charge in [-0.3, -0.25) is 9.59 Å². The Labute approximate surface area is 110 Å². The normalized spacial score (nSPS) is 19.6. The van der Waals surface area contributed by atoms with Crippen LogP contribution in [0.15, 0.2) is 24.3 Å². The van der Waals surface area contributed by atoms with Crippen LogP contribution in [0.25, 0.3) is 0 Å². The number of rotatable bonds is 2. The van der Waals surface area contributed by atoms with Crippen molar-refractivity contribution in [1.82, 2.24) is 10.2 Å². The minimum atomic E-state index is -0.595. The van der Waals surface area contributed by atoms with Crippen molar-refractivity contribution in [3.63, 3.8) is 0 Å². The second-order valence-electron chi connectivity index (χ2n) is 4.13. The van der Waals surface area contributed by atoms with Gasteiger partial charge in [-0.25, -0.2) is 0 Å². The van der Waals surface area contributed by atoms with E-state index in [1.165, 1.54) is 4.90 Å². The highest BCUT2D eigenvalue weighted by molar-refractivity contribution is 6.30. The van der Waals surface area contributed by atoms with Crippen LogP contribution in [0.2, 0.25) is 5.02 Å². The highest BCUT2D eigenvalue weighted by Crippen LogP contribution is 2.14. The third-order valence-corrected chi connectivity index (χ3v) is 3.18. The first kappa shape index (κ1) is 12.9. The molecule has 1 aliphatic rings. The lowest BCUT2D eigenvalue weighted by atomic mass is 10.1. The van der Waals surface area contributed by atoms with E-state index in [1.807, 2.05) is 0 Å². The summed E-state index contributed by atoms with van der Waals surface area (Å²) in [6, 6.07) is 5.99. The lowest BCUT2D eigenvalue weighted by Crippen LogP contribution is -2.58. The summed E-state index contributed by atoms with van der Waals surface area (Å²) in [5, 5.41) is 3.61. The van der Waals surface area contributed by atoms with Gasteiger partial charge < -0.3 is 16.0 Å². The summed E-state index contributed by atoms with van der Waals surface area (Å²) in [5.74, 6) is -0.693. The van der Waals surface area contributed by atoms with E-state index in [0.29, 0.717) is 30.2 Å². The van der Waals surface area contributed by atoms with Crippen LogP contribution in [0, 0.1) is 0 Å². The fourth-order valence-electron chi connectivity index (χ4n) is 1.96. The zero-order chi connectivity index (χ0) is 13.1. The van der Waals surface area contributed by atoms with E-state index in [2.05, 4.69) is 5.32 Å². The molecule has 1 saturated heterocycles. The van der Waals surface area contributed by atoms with Crippen LogP contribution in [-0.4, -0.2) is 42.4 Å². The van der Waals surface area contributed by atoms with Crippen LogP contribution < -0.4 is 11.1 Å². The van der Waals surface area contributed by atoms with Crippen LogP contribution in [0.1, 0.15) is 10.4 Å². The van der Waals surface area contributed by atoms with Crippen molar-refractivity contribution >= 4 is 23.4 Å². The van der Waals surface area contributed by atoms with E-state index in [0.717, 1.165) is 0 Å². The molecule has 3 N–H and O–H groups in total. The molecule has 5 nitrogen and oxygen atoms in total. The average Bonchev–Trinajstić information content (AvgIpc) is 2.39. The van der Waals surface area contributed by atoms with Gasteiger partial charge in [0.1, 0.15) is 6.04 Å². The summed E-state index contributed by atoms with van der Waals surface area (Å²) in [6.07, 6.45) is 0. The Hall–Kier alpha value is -1.59. The number of primary amides is 1. The summed E-state index contributed by atoms with van der Waals surface area (Å²) >= 11 is 5.77. The van der Waals surface area contributed by atoms with Gasteiger partial charge in [0.05, 0.1) is 0 Å². The molecule has 96 valence electrons. The Morgan fingerprint density at radius 2 is 2.00 bits per heavy atom. The maximum atomic E-state index is 12.3. The molecule has 1 aromatic rings. The molecule has 6 heteroatoms. The van der Waals surface area contributed by atoms with Gasteiger partial charge in [-0.05, 0) is 24.3 Å². The Morgan fingerprint density at radius 1 is 1.33 bits per heavy atom. The molecule has 2 amide bonds. The van der Waals surface area contributed by atoms with Crippen LogP contribution in [-0.2, 0) is 4.79 Å². The lowest BCUT2D eigenvalue weighted by Gasteiger charge is -2.34. The zero-order valence-electron chi connectivity index (χ0n) is 9.73. The number of amides is 2. The van der Waals surface area contributed by atoms with Gasteiger partial charge in [-0.2, -0.15) is 0 Å². The van der Waals surface area contributed by atoms with Gasteiger partial charge in [-0.1, -0.05) is 11.6 Å². The monoisotopic (exact) mass is 267 g/mol. The topological polar surface area (TPSA) is 75.4 Å². The number of nitrogens with two attached hydrogens (primary N) is 1. The first-order chi connectivity index (χ1) is 8.59. The molecule has 0 radical (unpaired) electrons. The van der Waals surface area contributed by atoms with Crippen molar-refractivity contribution in [2.45, 2.75) is 6.04 Å². The van der Waals surface area contributed by atoms with Gasteiger partial charge in [-0.15, -0.1) is 0 Å². The Kier molecular flexibility index (Phi) is 3.84. The summed E-state index contributed by atoms with van der Waals surface area (Å²) < 4.78 is 0. The van der Waals surface area contributed by atoms with Gasteiger partial charge >= 0.3 is 0 Å². The molecule has 0 saturated carbocycles. The predicted molar refractivity (Wildman–Crippen MR) is 68.3 cm³/mol. The second-order valence-corrected chi connectivity index (χ2v) is 4.56. The second kappa shape index (κ2) is 5.37. The largest absolute Gasteiger partial charge is 0.368 e. The van der Waals surface area contributed by atoms with Crippen LogP contribution >= 0.6 is 11.6 Å². The van der Waals surface area contributed by atoms with Crippen molar-refractivity contribution in [1.29, 1.82) is 0 Å². The Bertz CT molecular complexity index is 461. The fourth-order valence-corrected chi connectivity index (χ4v) is 2.09. The average molecular weight is 268 g/mol. The number of carbonyl (C=O) groups is 2. The van der Waals surface area contributed by atoms with Crippen molar-refractivity contribution < 1.29 is 9.59 Å². The molecule has 1 unspecified atom stereocenters. The van der Waals surface area contributed by atoms with E-state index in [1.54, 1.807) is 24.3 Å². The summed E-state index contributed by atoms with van der Waals surface area (Å²) in [7, 11) is 0. The van der Waals surface area contributed by atoms with E-state index in [4.69, 9.17) is 17.3 Å². The van der Waals surface area contributed by atoms with Crippen molar-refractivity contribution in [3.8, 4) is 0 Å². The molecule has 2 rings (SSSR count). The zero-order valence-corrected chi connectivity index (χ0v) is 10.5. The molecular formula is C12H14ClN3O2. The van der Waals surface area contributed by atoms with Crippen molar-refractivity contribution in [3.05, 3.63) is 34.9 Å². The van der Waals surface area contributed by atoms with Gasteiger partial charge in [0.2, 0.25) is 5.91 Å². The Morgan fingerprint density at radius 3 is 2.61 bits per heavy atom. The number of nitrogens with one attached hydrogen (secondary N) is 1. The predicted octanol–water partition coefficient (Wildman–Crippen LogP) is 0.239. The van der Waals surface area contributed by atoms with E-state index in [9.17, 15) is 9.59 Å². The highest BCUT2D eigenvalue weighted by atomic mass is 35.5. The summed E-state index contributed by atoms with van der Waals surface area (Å²) in [4.78, 5) is 25.1. The number of hydrogen-bond donors (Lipinski definition) is 2. The lowest BCUT2D eigenvalue weighted by molar-refractivity contribution is -0.122. The molecule has 1 fully saturated rings. The molecule has 1 aliphatic heterocycles. The first-order valence-corrected chi connectivity index (χ1v) is 6.04. The highest BCUT2D eigenvalue weighted by Gasteiger charge is 2.30. The molecule has 1 heterocycles. The molecule has 1 atom stereocenters. The van der Waals surface area contributed by atoms with E-state index in [-0.39, 0.29) is 5.91 Å². The fraction of sp³-hybridized carbons (Fsp3) is 0.333. The van der Waals surface area contributed by atoms with Crippen LogP contribution in [0.3, 0.4) is 0 Å². The number of benzene rings is 1. The van der Waals surface area contributed by atoms with Crippen LogP contribution in [0.4, 0.5) is 0 Å². The van der Waals surface area contributed by atoms with Gasteiger partial charge in [0, 0.05) is 30.2 Å². The summed E-state index contributed by atoms with van der Waals surface area (Å²) in [6.45, 7) is 1.52. The Balaban J connectivity index is 2.20. The quantitative estimate of drug-likeness (QED) is 0.806. The third kappa shape index (κ3) is 2.63. The third-order valence-electron chi connectivity index (χ3n) is 2.92. The molecule has 0 aliphatic carbocycles. The standard InChI is InChI=1S/C12H14ClN3O2/c13-9-3-1-8(2-4-9)12(18)16-6-5-15-7-10(16)11(14)17/h1-4,10,15H,5-7H2,(H2,14,17). The molecule has 18 heavy (non-hydrogen) atoms. The number of nitrogens with zero attached hydrogens (tertiary/aromatic N) is 1. The van der Waals surface area contributed by atoms with Gasteiger partial charge in [0.15, 0.2) is 0 Å². The molecule has 0 bridgehead atoms. The first-order valence-electron chi connectivity index (χ1n) is 5.66. The maximum Gasteiger partial charge on any atom is 0.254 e. The SMILES string of the molecule is NC(=O)C1CNCCN1C(=O)c1ccc(Cl)cc1. The minimum absolute atomic E-state index is 0.197.